The Hall–Kier alpha value is -1.51. The van der Waals surface area contributed by atoms with Gasteiger partial charge in [0.25, 0.3) is 0 Å². The van der Waals surface area contributed by atoms with E-state index >= 15 is 0 Å². The van der Waals surface area contributed by atoms with Gasteiger partial charge in [0.1, 0.15) is 11.5 Å². The standard InChI is InChI=1S/C15H22O3/c1-6-15(16)18-14-8-7-12(17-11(4)5)9-13(14)10(2)3/h7-11H,6H2,1-5H3. The van der Waals surface area contributed by atoms with E-state index in [1.165, 1.54) is 0 Å². The second-order valence-corrected chi connectivity index (χ2v) is 4.85. The van der Waals surface area contributed by atoms with Crippen molar-refractivity contribution in [2.45, 2.75) is 53.1 Å². The predicted octanol–water partition coefficient (Wildman–Crippen LogP) is 3.91. The molecule has 0 aliphatic carbocycles. The second-order valence-electron chi connectivity index (χ2n) is 4.85. The van der Waals surface area contributed by atoms with Crippen LogP contribution in [-0.4, -0.2) is 12.1 Å². The average molecular weight is 250 g/mol. The van der Waals surface area contributed by atoms with E-state index in [0.29, 0.717) is 12.2 Å². The Balaban J connectivity index is 3.00. The molecular weight excluding hydrogens is 228 g/mol. The van der Waals surface area contributed by atoms with Gasteiger partial charge in [-0.3, -0.25) is 4.79 Å². The van der Waals surface area contributed by atoms with Gasteiger partial charge in [0.05, 0.1) is 6.10 Å². The predicted molar refractivity (Wildman–Crippen MR) is 72.2 cm³/mol. The monoisotopic (exact) mass is 250 g/mol. The summed E-state index contributed by atoms with van der Waals surface area (Å²) in [6, 6.07) is 5.59. The third-order valence-corrected chi connectivity index (χ3v) is 2.49. The summed E-state index contributed by atoms with van der Waals surface area (Å²) >= 11 is 0. The van der Waals surface area contributed by atoms with Crippen LogP contribution in [0.3, 0.4) is 0 Å². The molecule has 0 N–H and O–H groups in total. The molecule has 0 fully saturated rings. The highest BCUT2D eigenvalue weighted by Crippen LogP contribution is 2.31. The van der Waals surface area contributed by atoms with Crippen molar-refractivity contribution in [3.63, 3.8) is 0 Å². The molecular formula is C15H22O3. The Morgan fingerprint density at radius 2 is 1.89 bits per heavy atom. The first-order valence-corrected chi connectivity index (χ1v) is 6.45. The van der Waals surface area contributed by atoms with Gasteiger partial charge < -0.3 is 9.47 Å². The van der Waals surface area contributed by atoms with Crippen molar-refractivity contribution >= 4 is 5.97 Å². The number of hydrogen-bond acceptors (Lipinski definition) is 3. The van der Waals surface area contributed by atoms with Gasteiger partial charge in [-0.15, -0.1) is 0 Å². The molecule has 1 aromatic rings. The first-order chi connectivity index (χ1) is 8.43. The number of ether oxygens (including phenoxy) is 2. The van der Waals surface area contributed by atoms with Crippen molar-refractivity contribution in [3.05, 3.63) is 23.8 Å². The maximum absolute atomic E-state index is 11.4. The highest BCUT2D eigenvalue weighted by Gasteiger charge is 2.12. The Bertz CT molecular complexity index is 408. The number of carbonyl (C=O) groups is 1. The van der Waals surface area contributed by atoms with Gasteiger partial charge in [-0.05, 0) is 38.0 Å². The third-order valence-electron chi connectivity index (χ3n) is 2.49. The van der Waals surface area contributed by atoms with Crippen molar-refractivity contribution in [1.29, 1.82) is 0 Å². The largest absolute Gasteiger partial charge is 0.491 e. The quantitative estimate of drug-likeness (QED) is 0.587. The molecule has 18 heavy (non-hydrogen) atoms. The number of rotatable bonds is 5. The van der Waals surface area contributed by atoms with E-state index in [1.807, 2.05) is 26.0 Å². The van der Waals surface area contributed by atoms with Crippen LogP contribution in [0.5, 0.6) is 11.5 Å². The molecule has 3 nitrogen and oxygen atoms in total. The van der Waals surface area contributed by atoms with E-state index in [9.17, 15) is 4.79 Å². The van der Waals surface area contributed by atoms with Gasteiger partial charge >= 0.3 is 5.97 Å². The summed E-state index contributed by atoms with van der Waals surface area (Å²) in [6.07, 6.45) is 0.510. The molecule has 0 atom stereocenters. The summed E-state index contributed by atoms with van der Waals surface area (Å²) < 4.78 is 11.0. The van der Waals surface area contributed by atoms with Gasteiger partial charge in [-0.25, -0.2) is 0 Å². The number of esters is 1. The van der Waals surface area contributed by atoms with Crippen molar-refractivity contribution in [1.82, 2.24) is 0 Å². The molecule has 1 rings (SSSR count). The van der Waals surface area contributed by atoms with Crippen LogP contribution in [0.25, 0.3) is 0 Å². The summed E-state index contributed by atoms with van der Waals surface area (Å²) in [5.41, 5.74) is 0.995. The molecule has 0 aromatic heterocycles. The number of benzene rings is 1. The maximum atomic E-state index is 11.4. The van der Waals surface area contributed by atoms with Crippen LogP contribution in [0.15, 0.2) is 18.2 Å². The molecule has 0 aliphatic heterocycles. The van der Waals surface area contributed by atoms with Crippen molar-refractivity contribution in [2.24, 2.45) is 0 Å². The molecule has 0 unspecified atom stereocenters. The third kappa shape index (κ3) is 4.06. The molecule has 0 spiro atoms. The SMILES string of the molecule is CCC(=O)Oc1ccc(OC(C)C)cc1C(C)C. The summed E-state index contributed by atoms with van der Waals surface area (Å²) in [6.45, 7) is 9.89. The van der Waals surface area contributed by atoms with Gasteiger partial charge in [-0.2, -0.15) is 0 Å². The molecule has 0 amide bonds. The second kappa shape index (κ2) is 6.43. The fourth-order valence-corrected chi connectivity index (χ4v) is 1.61. The highest BCUT2D eigenvalue weighted by molar-refractivity contribution is 5.72. The Labute approximate surface area is 109 Å². The zero-order valence-corrected chi connectivity index (χ0v) is 11.8. The lowest BCUT2D eigenvalue weighted by molar-refractivity contribution is -0.134. The Morgan fingerprint density at radius 3 is 2.39 bits per heavy atom. The Kier molecular flexibility index (Phi) is 5.20. The van der Waals surface area contributed by atoms with E-state index in [0.717, 1.165) is 11.3 Å². The van der Waals surface area contributed by atoms with Crippen LogP contribution in [0, 0.1) is 0 Å². The minimum Gasteiger partial charge on any atom is -0.491 e. The van der Waals surface area contributed by atoms with Gasteiger partial charge in [0.15, 0.2) is 0 Å². The fraction of sp³-hybridized carbons (Fsp3) is 0.533. The number of carbonyl (C=O) groups excluding carboxylic acids is 1. The molecule has 0 bridgehead atoms. The van der Waals surface area contributed by atoms with Crippen molar-refractivity contribution in [3.8, 4) is 11.5 Å². The van der Waals surface area contributed by atoms with Gasteiger partial charge in [0, 0.05) is 12.0 Å². The molecule has 100 valence electrons. The molecule has 0 saturated carbocycles. The molecule has 0 aliphatic rings. The van der Waals surface area contributed by atoms with E-state index < -0.39 is 0 Å². The summed E-state index contributed by atoms with van der Waals surface area (Å²) in [7, 11) is 0. The fourth-order valence-electron chi connectivity index (χ4n) is 1.61. The first-order valence-electron chi connectivity index (χ1n) is 6.45. The molecule has 1 aromatic carbocycles. The Morgan fingerprint density at radius 1 is 1.22 bits per heavy atom. The van der Waals surface area contributed by atoms with Crippen LogP contribution in [-0.2, 0) is 4.79 Å². The average Bonchev–Trinajstić information content (AvgIpc) is 2.29. The first kappa shape index (κ1) is 14.6. The van der Waals surface area contributed by atoms with Crippen LogP contribution in [0.1, 0.15) is 52.5 Å². The van der Waals surface area contributed by atoms with Gasteiger partial charge in [0.2, 0.25) is 0 Å². The van der Waals surface area contributed by atoms with Crippen LogP contribution < -0.4 is 9.47 Å². The topological polar surface area (TPSA) is 35.5 Å². The normalized spacial score (nSPS) is 10.8. The van der Waals surface area contributed by atoms with Crippen LogP contribution >= 0.6 is 0 Å². The molecule has 0 heterocycles. The minimum absolute atomic E-state index is 0.133. The molecule has 3 heteroatoms. The zero-order valence-electron chi connectivity index (χ0n) is 11.8. The minimum atomic E-state index is -0.213. The van der Waals surface area contributed by atoms with E-state index in [4.69, 9.17) is 9.47 Å². The lowest BCUT2D eigenvalue weighted by Gasteiger charge is -2.16. The smallest absolute Gasteiger partial charge is 0.310 e. The lowest BCUT2D eigenvalue weighted by Crippen LogP contribution is -2.09. The van der Waals surface area contributed by atoms with Gasteiger partial charge in [-0.1, -0.05) is 20.8 Å². The maximum Gasteiger partial charge on any atom is 0.310 e. The summed E-state index contributed by atoms with van der Waals surface area (Å²) in [4.78, 5) is 11.4. The zero-order chi connectivity index (χ0) is 13.7. The number of hydrogen-bond donors (Lipinski definition) is 0. The van der Waals surface area contributed by atoms with Crippen molar-refractivity contribution in [2.75, 3.05) is 0 Å². The highest BCUT2D eigenvalue weighted by atomic mass is 16.5. The van der Waals surface area contributed by atoms with E-state index in [1.54, 1.807) is 13.0 Å². The van der Waals surface area contributed by atoms with E-state index in [2.05, 4.69) is 13.8 Å². The molecule has 0 saturated heterocycles. The van der Waals surface area contributed by atoms with Crippen molar-refractivity contribution < 1.29 is 14.3 Å². The molecule has 0 radical (unpaired) electrons. The lowest BCUT2D eigenvalue weighted by atomic mass is 10.0. The van der Waals surface area contributed by atoms with Crippen LogP contribution in [0.4, 0.5) is 0 Å². The van der Waals surface area contributed by atoms with E-state index in [-0.39, 0.29) is 18.0 Å². The summed E-state index contributed by atoms with van der Waals surface area (Å²) in [5.74, 6) is 1.51. The summed E-state index contributed by atoms with van der Waals surface area (Å²) in [5, 5.41) is 0. The van der Waals surface area contributed by atoms with Crippen LogP contribution in [0.2, 0.25) is 0 Å².